The molecule has 0 fully saturated rings. The molecule has 8 heteroatoms. The number of cyclic esters (lactones) is 1. The van der Waals surface area contributed by atoms with Crippen LogP contribution in [-0.4, -0.2) is 35.1 Å². The van der Waals surface area contributed by atoms with Crippen molar-refractivity contribution >= 4 is 17.7 Å². The Morgan fingerprint density at radius 3 is 2.55 bits per heavy atom. The fraction of sp³-hybridized carbons (Fsp3) is 0.476. The summed E-state index contributed by atoms with van der Waals surface area (Å²) in [7, 11) is 0. The van der Waals surface area contributed by atoms with Gasteiger partial charge in [0.1, 0.15) is 11.6 Å². The number of carbonyl (C=O) groups is 1. The minimum Gasteiger partial charge on any atom is -0.434 e. The number of ether oxygens (including phenoxy) is 1. The molecule has 3 rings (SSSR count). The Morgan fingerprint density at radius 1 is 1.24 bits per heavy atom. The zero-order chi connectivity index (χ0) is 21.2. The molecule has 1 aliphatic heterocycles. The summed E-state index contributed by atoms with van der Waals surface area (Å²) in [6.07, 6.45) is 0.746. The first kappa shape index (κ1) is 21.0. The number of rotatable bonds is 7. The smallest absolute Gasteiger partial charge is 0.413 e. The van der Waals surface area contributed by atoms with E-state index in [2.05, 4.69) is 29.0 Å². The highest BCUT2D eigenvalue weighted by molar-refractivity contribution is 5.89. The molecule has 0 spiro atoms. The van der Waals surface area contributed by atoms with E-state index in [9.17, 15) is 13.6 Å². The van der Waals surface area contributed by atoms with Gasteiger partial charge in [0, 0.05) is 31.8 Å². The van der Waals surface area contributed by atoms with E-state index in [0.717, 1.165) is 44.2 Å². The van der Waals surface area contributed by atoms with Crippen LogP contribution in [-0.2, 0) is 4.74 Å². The lowest BCUT2D eigenvalue weighted by atomic mass is 9.95. The third-order valence-electron chi connectivity index (χ3n) is 4.70. The number of amides is 1. The van der Waals surface area contributed by atoms with Crippen LogP contribution in [0.25, 0.3) is 11.3 Å². The molecule has 0 saturated carbocycles. The Kier molecular flexibility index (Phi) is 6.00. The Bertz CT molecular complexity index is 893. The molecule has 0 radical (unpaired) electrons. The molecule has 1 aliphatic rings. The molecule has 6 nitrogen and oxygen atoms in total. The van der Waals surface area contributed by atoms with Crippen molar-refractivity contribution in [3.05, 3.63) is 35.5 Å². The van der Waals surface area contributed by atoms with Gasteiger partial charge >= 0.3 is 6.09 Å². The molecule has 29 heavy (non-hydrogen) atoms. The predicted molar refractivity (Wildman–Crippen MR) is 108 cm³/mol. The minimum atomic E-state index is -3.27. The molecule has 0 unspecified atom stereocenters. The van der Waals surface area contributed by atoms with Gasteiger partial charge in [0.25, 0.3) is 5.92 Å². The van der Waals surface area contributed by atoms with Crippen LogP contribution in [0.3, 0.4) is 0 Å². The number of nitrogens with zero attached hydrogens (tertiary/aromatic N) is 3. The Balaban J connectivity index is 2.15. The molecule has 3 heterocycles. The fourth-order valence-electron chi connectivity index (χ4n) is 3.54. The molecule has 1 amide bonds. The topological polar surface area (TPSA) is 67.4 Å². The molecule has 2 aromatic rings. The number of anilines is 2. The number of hydrogen-bond acceptors (Lipinski definition) is 5. The van der Waals surface area contributed by atoms with Gasteiger partial charge in [-0.25, -0.2) is 23.5 Å². The zero-order valence-corrected chi connectivity index (χ0v) is 17.1. The molecular formula is C21H26F2N4O2. The number of aryl methyl sites for hydroxylation is 1. The summed E-state index contributed by atoms with van der Waals surface area (Å²) in [6, 6.07) is 5.47. The number of hydrogen-bond donors (Lipinski definition) is 1. The van der Waals surface area contributed by atoms with E-state index in [1.165, 1.54) is 6.20 Å². The molecule has 0 aliphatic carbocycles. The Hall–Kier alpha value is -2.77. The van der Waals surface area contributed by atoms with Crippen molar-refractivity contribution in [3.8, 4) is 11.3 Å². The van der Waals surface area contributed by atoms with Crippen molar-refractivity contribution in [2.24, 2.45) is 0 Å². The summed E-state index contributed by atoms with van der Waals surface area (Å²) in [5.41, 5.74) is 2.12. The third-order valence-corrected chi connectivity index (χ3v) is 4.70. The Labute approximate surface area is 169 Å². The lowest BCUT2D eigenvalue weighted by Gasteiger charge is -2.31. The van der Waals surface area contributed by atoms with Crippen molar-refractivity contribution in [2.75, 3.05) is 23.3 Å². The lowest BCUT2D eigenvalue weighted by molar-refractivity contribution is -0.0984. The first-order valence-corrected chi connectivity index (χ1v) is 9.83. The van der Waals surface area contributed by atoms with Crippen LogP contribution in [0.1, 0.15) is 50.8 Å². The number of aromatic nitrogens is 2. The SMILES string of the molecule is CCCN(CCC)c1cc(C)cc(-c2ccnc3c2[C@H](C(C)(F)F)OC(=O)N3)n1. The van der Waals surface area contributed by atoms with Crippen LogP contribution in [0.15, 0.2) is 24.4 Å². The molecule has 0 saturated heterocycles. The largest absolute Gasteiger partial charge is 0.434 e. The third kappa shape index (κ3) is 4.46. The molecule has 0 bridgehead atoms. The number of nitrogens with one attached hydrogen (secondary N) is 1. The summed E-state index contributed by atoms with van der Waals surface area (Å²) in [6.45, 7) is 8.60. The van der Waals surface area contributed by atoms with Gasteiger partial charge in [-0.15, -0.1) is 0 Å². The first-order chi connectivity index (χ1) is 13.7. The first-order valence-electron chi connectivity index (χ1n) is 9.83. The van der Waals surface area contributed by atoms with Crippen molar-refractivity contribution in [1.82, 2.24) is 9.97 Å². The summed E-state index contributed by atoms with van der Waals surface area (Å²) >= 11 is 0. The van der Waals surface area contributed by atoms with E-state index in [1.807, 2.05) is 19.1 Å². The predicted octanol–water partition coefficient (Wildman–Crippen LogP) is 5.34. The van der Waals surface area contributed by atoms with Gasteiger partial charge < -0.3 is 9.64 Å². The normalized spacial score (nSPS) is 16.1. The standard InChI is InChI=1S/C21H26F2N4O2/c1-5-9-27(10-6-2)16-12-13(3)11-15(25-16)14-7-8-24-19-17(14)18(21(4,22)23)29-20(28)26-19/h7-8,11-12,18H,5-6,9-10H2,1-4H3,(H,24,26,28)/t18-/m1/s1. The summed E-state index contributed by atoms with van der Waals surface area (Å²) in [5.74, 6) is -2.39. The van der Waals surface area contributed by atoms with E-state index in [-0.39, 0.29) is 11.4 Å². The maximum Gasteiger partial charge on any atom is 0.413 e. The maximum absolute atomic E-state index is 14.3. The molecular weight excluding hydrogens is 378 g/mol. The van der Waals surface area contributed by atoms with Gasteiger partial charge in [-0.05, 0) is 43.5 Å². The number of carbonyl (C=O) groups excluding carboxylic acids is 1. The van der Waals surface area contributed by atoms with Crippen LogP contribution >= 0.6 is 0 Å². The van der Waals surface area contributed by atoms with Crippen LogP contribution < -0.4 is 10.2 Å². The van der Waals surface area contributed by atoms with Crippen LogP contribution in [0, 0.1) is 6.92 Å². The summed E-state index contributed by atoms with van der Waals surface area (Å²) < 4.78 is 33.5. The average molecular weight is 404 g/mol. The highest BCUT2D eigenvalue weighted by Gasteiger charge is 2.45. The second kappa shape index (κ2) is 8.31. The van der Waals surface area contributed by atoms with E-state index in [1.54, 1.807) is 6.07 Å². The maximum atomic E-state index is 14.3. The Morgan fingerprint density at radius 2 is 1.93 bits per heavy atom. The summed E-state index contributed by atoms with van der Waals surface area (Å²) in [5, 5.41) is 2.42. The van der Waals surface area contributed by atoms with Crippen LogP contribution in [0.4, 0.5) is 25.2 Å². The zero-order valence-electron chi connectivity index (χ0n) is 17.1. The number of pyridine rings is 2. The number of fused-ring (bicyclic) bond motifs is 1. The number of alkyl halides is 2. The van der Waals surface area contributed by atoms with Gasteiger partial charge in [-0.1, -0.05) is 13.8 Å². The van der Waals surface area contributed by atoms with Crippen LogP contribution in [0.2, 0.25) is 0 Å². The molecule has 1 N–H and O–H groups in total. The quantitative estimate of drug-likeness (QED) is 0.675. The van der Waals surface area contributed by atoms with E-state index in [4.69, 9.17) is 9.72 Å². The highest BCUT2D eigenvalue weighted by atomic mass is 19.3. The highest BCUT2D eigenvalue weighted by Crippen LogP contribution is 2.44. The molecule has 156 valence electrons. The molecule has 0 aromatic carbocycles. The average Bonchev–Trinajstić information content (AvgIpc) is 2.65. The van der Waals surface area contributed by atoms with Crippen molar-refractivity contribution in [2.45, 2.75) is 52.6 Å². The van der Waals surface area contributed by atoms with E-state index >= 15 is 0 Å². The second-order valence-electron chi connectivity index (χ2n) is 7.36. The van der Waals surface area contributed by atoms with Gasteiger partial charge in [0.15, 0.2) is 6.10 Å². The van der Waals surface area contributed by atoms with Gasteiger partial charge in [-0.3, -0.25) is 5.32 Å². The summed E-state index contributed by atoms with van der Waals surface area (Å²) in [4.78, 5) is 22.8. The monoisotopic (exact) mass is 404 g/mol. The number of halogens is 2. The molecule has 1 atom stereocenters. The van der Waals surface area contributed by atoms with Gasteiger partial charge in [0.05, 0.1) is 11.3 Å². The van der Waals surface area contributed by atoms with Gasteiger partial charge in [-0.2, -0.15) is 0 Å². The minimum absolute atomic E-state index is 0.0779. The van der Waals surface area contributed by atoms with E-state index < -0.39 is 18.1 Å². The molecule has 2 aromatic heterocycles. The lowest BCUT2D eigenvalue weighted by Crippen LogP contribution is -2.35. The second-order valence-corrected chi connectivity index (χ2v) is 7.36. The van der Waals surface area contributed by atoms with Crippen molar-refractivity contribution < 1.29 is 18.3 Å². The fourth-order valence-corrected chi connectivity index (χ4v) is 3.54. The van der Waals surface area contributed by atoms with Crippen LogP contribution in [0.5, 0.6) is 0 Å². The van der Waals surface area contributed by atoms with E-state index in [0.29, 0.717) is 11.3 Å². The van der Waals surface area contributed by atoms with Gasteiger partial charge in [0.2, 0.25) is 0 Å². The van der Waals surface area contributed by atoms with Crippen molar-refractivity contribution in [3.63, 3.8) is 0 Å². The van der Waals surface area contributed by atoms with Crippen molar-refractivity contribution in [1.29, 1.82) is 0 Å².